The van der Waals surface area contributed by atoms with E-state index in [-0.39, 0.29) is 18.0 Å². The molecule has 1 aliphatic rings. The molecular formula is C13H16O3. The van der Waals surface area contributed by atoms with Gasteiger partial charge in [0.1, 0.15) is 6.10 Å². The molecule has 86 valence electrons. The highest BCUT2D eigenvalue weighted by atomic mass is 16.5. The van der Waals surface area contributed by atoms with Gasteiger partial charge in [-0.15, -0.1) is 0 Å². The van der Waals surface area contributed by atoms with E-state index in [1.165, 1.54) is 0 Å². The van der Waals surface area contributed by atoms with E-state index in [2.05, 4.69) is 0 Å². The molecule has 0 bridgehead atoms. The van der Waals surface area contributed by atoms with Crippen molar-refractivity contribution < 1.29 is 14.6 Å². The lowest BCUT2D eigenvalue weighted by molar-refractivity contribution is -0.157. The number of esters is 1. The molecular weight excluding hydrogens is 204 g/mol. The Balaban J connectivity index is 1.95. The van der Waals surface area contributed by atoms with Gasteiger partial charge in [-0.3, -0.25) is 0 Å². The molecule has 1 aromatic rings. The van der Waals surface area contributed by atoms with Crippen LogP contribution in [0.25, 0.3) is 0 Å². The lowest BCUT2D eigenvalue weighted by Gasteiger charge is -2.46. The van der Waals surface area contributed by atoms with Gasteiger partial charge >= 0.3 is 5.97 Å². The molecule has 1 aliphatic carbocycles. The van der Waals surface area contributed by atoms with Crippen LogP contribution in [0.3, 0.4) is 0 Å². The molecule has 3 atom stereocenters. The molecule has 3 nitrogen and oxygen atoms in total. The molecule has 0 unspecified atom stereocenters. The average molecular weight is 220 g/mol. The van der Waals surface area contributed by atoms with E-state index in [9.17, 15) is 9.90 Å². The number of rotatable bonds is 2. The monoisotopic (exact) mass is 220 g/mol. The Hall–Kier alpha value is -1.35. The average Bonchev–Trinajstić information content (AvgIpc) is 2.29. The summed E-state index contributed by atoms with van der Waals surface area (Å²) >= 11 is 0. The number of hydrogen-bond donors (Lipinski definition) is 1. The van der Waals surface area contributed by atoms with Crippen LogP contribution in [0.15, 0.2) is 30.3 Å². The molecule has 1 N–H and O–H groups in total. The highest BCUT2D eigenvalue weighted by molar-refractivity contribution is 5.89. The largest absolute Gasteiger partial charge is 0.458 e. The minimum atomic E-state index is -0.693. The highest BCUT2D eigenvalue weighted by Crippen LogP contribution is 2.40. The summed E-state index contributed by atoms with van der Waals surface area (Å²) in [6.07, 6.45) is 0.356. The fraction of sp³-hybridized carbons (Fsp3) is 0.462. The fourth-order valence-corrected chi connectivity index (χ4v) is 1.93. The second-order valence-corrected chi connectivity index (χ2v) is 4.66. The molecule has 0 aliphatic heterocycles. The van der Waals surface area contributed by atoms with Crippen molar-refractivity contribution in [3.63, 3.8) is 0 Å². The van der Waals surface area contributed by atoms with Crippen LogP contribution in [0, 0.1) is 5.92 Å². The van der Waals surface area contributed by atoms with Gasteiger partial charge in [0.2, 0.25) is 0 Å². The summed E-state index contributed by atoms with van der Waals surface area (Å²) in [5.41, 5.74) is -0.136. The Morgan fingerprint density at radius 1 is 1.44 bits per heavy atom. The number of aliphatic hydroxyl groups is 1. The second-order valence-electron chi connectivity index (χ2n) is 4.66. The van der Waals surface area contributed by atoms with Crippen LogP contribution in [-0.4, -0.2) is 22.8 Å². The van der Waals surface area contributed by atoms with E-state index < -0.39 is 5.60 Å². The maximum Gasteiger partial charge on any atom is 0.338 e. The molecule has 1 aromatic carbocycles. The van der Waals surface area contributed by atoms with Crippen LogP contribution >= 0.6 is 0 Å². The summed E-state index contributed by atoms with van der Waals surface area (Å²) in [6, 6.07) is 8.91. The summed E-state index contributed by atoms with van der Waals surface area (Å²) in [5, 5.41) is 9.74. The Morgan fingerprint density at radius 3 is 2.56 bits per heavy atom. The molecule has 1 saturated carbocycles. The molecule has 0 spiro atoms. The van der Waals surface area contributed by atoms with Crippen molar-refractivity contribution in [1.29, 1.82) is 0 Å². The standard InChI is InChI=1S/C13H16O3/c1-9-11(8-13(9,2)15)16-12(14)10-6-4-3-5-7-10/h3-7,9,11,15H,8H2,1-2H3/t9-,11+,13+/m1/s1. The maximum absolute atomic E-state index is 11.7. The first-order chi connectivity index (χ1) is 7.50. The zero-order chi connectivity index (χ0) is 11.8. The van der Waals surface area contributed by atoms with Gasteiger partial charge in [0, 0.05) is 12.3 Å². The molecule has 0 aromatic heterocycles. The van der Waals surface area contributed by atoms with Gasteiger partial charge in [-0.25, -0.2) is 4.79 Å². The lowest BCUT2D eigenvalue weighted by Crippen LogP contribution is -2.55. The topological polar surface area (TPSA) is 46.5 Å². The third-order valence-corrected chi connectivity index (χ3v) is 3.42. The van der Waals surface area contributed by atoms with Crippen molar-refractivity contribution in [2.45, 2.75) is 32.0 Å². The third-order valence-electron chi connectivity index (χ3n) is 3.42. The minimum absolute atomic E-state index is 0.000150. The normalized spacial score (nSPS) is 32.9. The number of carbonyl (C=O) groups is 1. The summed E-state index contributed by atoms with van der Waals surface area (Å²) in [7, 11) is 0. The first kappa shape index (κ1) is 11.1. The molecule has 3 heteroatoms. The van der Waals surface area contributed by atoms with Crippen LogP contribution in [-0.2, 0) is 4.74 Å². The zero-order valence-corrected chi connectivity index (χ0v) is 9.51. The maximum atomic E-state index is 11.7. The van der Waals surface area contributed by atoms with E-state index in [1.54, 1.807) is 31.2 Å². The number of hydrogen-bond acceptors (Lipinski definition) is 3. The van der Waals surface area contributed by atoms with E-state index >= 15 is 0 Å². The molecule has 2 rings (SSSR count). The molecule has 0 amide bonds. The van der Waals surface area contributed by atoms with Gasteiger partial charge in [0.25, 0.3) is 0 Å². The zero-order valence-electron chi connectivity index (χ0n) is 9.51. The summed E-state index contributed by atoms with van der Waals surface area (Å²) in [5.74, 6) is -0.312. The number of benzene rings is 1. The Kier molecular flexibility index (Phi) is 2.72. The van der Waals surface area contributed by atoms with Gasteiger partial charge in [-0.2, -0.15) is 0 Å². The van der Waals surface area contributed by atoms with Gasteiger partial charge in [-0.1, -0.05) is 25.1 Å². The van der Waals surface area contributed by atoms with Gasteiger partial charge in [0.05, 0.1) is 11.2 Å². The predicted octanol–water partition coefficient (Wildman–Crippen LogP) is 2.00. The lowest BCUT2D eigenvalue weighted by atomic mass is 9.69. The van der Waals surface area contributed by atoms with Crippen LogP contribution in [0.5, 0.6) is 0 Å². The Bertz CT molecular complexity index is 383. The Morgan fingerprint density at radius 2 is 2.06 bits per heavy atom. The van der Waals surface area contributed by atoms with E-state index in [0.29, 0.717) is 12.0 Å². The van der Waals surface area contributed by atoms with Crippen molar-refractivity contribution in [2.75, 3.05) is 0 Å². The van der Waals surface area contributed by atoms with Crippen molar-refractivity contribution in [3.05, 3.63) is 35.9 Å². The summed E-state index contributed by atoms with van der Waals surface area (Å²) < 4.78 is 5.32. The van der Waals surface area contributed by atoms with E-state index in [0.717, 1.165) is 0 Å². The minimum Gasteiger partial charge on any atom is -0.458 e. The van der Waals surface area contributed by atoms with E-state index in [1.807, 2.05) is 13.0 Å². The Labute approximate surface area is 95.0 Å². The first-order valence-corrected chi connectivity index (χ1v) is 5.49. The second kappa shape index (κ2) is 3.91. The van der Waals surface area contributed by atoms with Crippen molar-refractivity contribution in [1.82, 2.24) is 0 Å². The number of ether oxygens (including phenoxy) is 1. The van der Waals surface area contributed by atoms with Gasteiger partial charge in [0.15, 0.2) is 0 Å². The van der Waals surface area contributed by atoms with Crippen molar-refractivity contribution >= 4 is 5.97 Å². The van der Waals surface area contributed by atoms with Gasteiger partial charge in [-0.05, 0) is 19.1 Å². The molecule has 0 heterocycles. The van der Waals surface area contributed by atoms with Crippen molar-refractivity contribution in [2.24, 2.45) is 5.92 Å². The van der Waals surface area contributed by atoms with Gasteiger partial charge < -0.3 is 9.84 Å². The molecule has 16 heavy (non-hydrogen) atoms. The summed E-state index contributed by atoms with van der Waals surface area (Å²) in [4.78, 5) is 11.7. The smallest absolute Gasteiger partial charge is 0.338 e. The van der Waals surface area contributed by atoms with Crippen LogP contribution in [0.4, 0.5) is 0 Å². The van der Waals surface area contributed by atoms with Crippen LogP contribution in [0.1, 0.15) is 30.6 Å². The van der Waals surface area contributed by atoms with Crippen LogP contribution < -0.4 is 0 Å². The quantitative estimate of drug-likeness (QED) is 0.775. The number of carbonyl (C=O) groups excluding carboxylic acids is 1. The first-order valence-electron chi connectivity index (χ1n) is 5.49. The van der Waals surface area contributed by atoms with Crippen LogP contribution in [0.2, 0.25) is 0 Å². The summed E-state index contributed by atoms with van der Waals surface area (Å²) in [6.45, 7) is 3.66. The predicted molar refractivity (Wildman–Crippen MR) is 60.1 cm³/mol. The van der Waals surface area contributed by atoms with Crippen molar-refractivity contribution in [3.8, 4) is 0 Å². The molecule has 1 fully saturated rings. The third kappa shape index (κ3) is 1.95. The van der Waals surface area contributed by atoms with E-state index in [4.69, 9.17) is 4.74 Å². The SMILES string of the molecule is C[C@@H]1[C@@H](OC(=O)c2ccccc2)C[C@]1(C)O. The highest BCUT2D eigenvalue weighted by Gasteiger charge is 2.48. The molecule has 0 radical (unpaired) electrons. The molecule has 0 saturated heterocycles. The fourth-order valence-electron chi connectivity index (χ4n) is 1.93.